The van der Waals surface area contributed by atoms with Crippen LogP contribution in [0.15, 0.2) is 29.3 Å². The fraction of sp³-hybridized carbons (Fsp3) is 0.273. The average molecular weight is 220 g/mol. The highest BCUT2D eigenvalue weighted by molar-refractivity contribution is 7.13. The topological polar surface area (TPSA) is 45.8 Å². The molecule has 0 radical (unpaired) electrons. The molecule has 0 amide bonds. The van der Waals surface area contributed by atoms with Crippen molar-refractivity contribution in [3.05, 3.63) is 39.9 Å². The average Bonchev–Trinajstić information content (AvgIpc) is 2.62. The number of rotatable bonds is 3. The molecule has 0 atom stereocenters. The number of aromatic nitrogens is 2. The minimum absolute atomic E-state index is 0.0188. The lowest BCUT2D eigenvalue weighted by molar-refractivity contribution is 0.890. The van der Waals surface area contributed by atoms with Gasteiger partial charge in [-0.05, 0) is 24.1 Å². The van der Waals surface area contributed by atoms with Crippen molar-refractivity contribution in [2.24, 2.45) is 0 Å². The van der Waals surface area contributed by atoms with Crippen molar-refractivity contribution in [3.63, 3.8) is 0 Å². The van der Waals surface area contributed by atoms with Crippen molar-refractivity contribution >= 4 is 11.3 Å². The molecule has 0 aromatic carbocycles. The second-order valence-corrected chi connectivity index (χ2v) is 4.29. The van der Waals surface area contributed by atoms with Crippen LogP contribution in [0, 0.1) is 0 Å². The Bertz CT molecular complexity index is 487. The second kappa shape index (κ2) is 4.40. The first-order valence-corrected chi connectivity index (χ1v) is 5.75. The molecule has 0 unspecified atom stereocenters. The predicted octanol–water partition coefficient (Wildman–Crippen LogP) is 2.45. The number of aromatic amines is 1. The minimum atomic E-state index is 0.0188. The lowest BCUT2D eigenvalue weighted by atomic mass is 10.1. The van der Waals surface area contributed by atoms with Gasteiger partial charge >= 0.3 is 4.87 Å². The summed E-state index contributed by atoms with van der Waals surface area (Å²) in [5.74, 6) is 0. The highest BCUT2D eigenvalue weighted by Crippen LogP contribution is 2.25. The van der Waals surface area contributed by atoms with Crippen LogP contribution in [0.4, 0.5) is 0 Å². The molecule has 2 rings (SSSR count). The van der Waals surface area contributed by atoms with Crippen molar-refractivity contribution in [3.8, 4) is 10.4 Å². The summed E-state index contributed by atoms with van der Waals surface area (Å²) < 4.78 is 0. The monoisotopic (exact) mass is 220 g/mol. The van der Waals surface area contributed by atoms with Gasteiger partial charge in [-0.1, -0.05) is 24.7 Å². The highest BCUT2D eigenvalue weighted by Gasteiger charge is 2.08. The van der Waals surface area contributed by atoms with Crippen LogP contribution in [0.3, 0.4) is 0 Å². The smallest absolute Gasteiger partial charge is 0.305 e. The molecule has 15 heavy (non-hydrogen) atoms. The fourth-order valence-corrected chi connectivity index (χ4v) is 2.41. The van der Waals surface area contributed by atoms with Gasteiger partial charge < -0.3 is 4.98 Å². The molecule has 0 spiro atoms. The molecular formula is C11H12N2OS. The molecule has 2 aromatic heterocycles. The van der Waals surface area contributed by atoms with E-state index in [2.05, 4.69) is 16.9 Å². The summed E-state index contributed by atoms with van der Waals surface area (Å²) in [6.07, 6.45) is 5.44. The van der Waals surface area contributed by atoms with Crippen LogP contribution >= 0.6 is 11.3 Å². The quantitative estimate of drug-likeness (QED) is 0.863. The van der Waals surface area contributed by atoms with Crippen molar-refractivity contribution in [2.75, 3.05) is 0 Å². The molecule has 0 saturated heterocycles. The standard InChI is InChI=1S/C11H12N2OS/c1-2-3-9-10(15-11(14)13-9)8-4-6-12-7-5-8/h4-7H,2-3H2,1H3,(H,13,14). The Hall–Kier alpha value is -1.42. The van der Waals surface area contributed by atoms with E-state index in [1.54, 1.807) is 12.4 Å². The molecule has 1 N–H and O–H groups in total. The highest BCUT2D eigenvalue weighted by atomic mass is 32.1. The maximum Gasteiger partial charge on any atom is 0.305 e. The molecule has 0 fully saturated rings. The summed E-state index contributed by atoms with van der Waals surface area (Å²) in [7, 11) is 0. The first-order chi connectivity index (χ1) is 7.31. The Morgan fingerprint density at radius 1 is 1.40 bits per heavy atom. The maximum absolute atomic E-state index is 11.3. The van der Waals surface area contributed by atoms with Crippen LogP contribution in [-0.4, -0.2) is 9.97 Å². The lowest BCUT2D eigenvalue weighted by Gasteiger charge is -2.00. The van der Waals surface area contributed by atoms with Gasteiger partial charge in [0.2, 0.25) is 0 Å². The van der Waals surface area contributed by atoms with E-state index in [4.69, 9.17) is 0 Å². The molecule has 0 saturated carbocycles. The van der Waals surface area contributed by atoms with Crippen LogP contribution in [0.2, 0.25) is 0 Å². The SMILES string of the molecule is CCCc1[nH]c(=O)sc1-c1ccncc1. The molecule has 0 bridgehead atoms. The van der Waals surface area contributed by atoms with E-state index < -0.39 is 0 Å². The van der Waals surface area contributed by atoms with Gasteiger partial charge in [-0.2, -0.15) is 0 Å². The van der Waals surface area contributed by atoms with Crippen molar-refractivity contribution in [1.82, 2.24) is 9.97 Å². The van der Waals surface area contributed by atoms with E-state index in [0.717, 1.165) is 29.0 Å². The van der Waals surface area contributed by atoms with Crippen LogP contribution in [0.5, 0.6) is 0 Å². The Labute approximate surface area is 91.8 Å². The Morgan fingerprint density at radius 2 is 2.13 bits per heavy atom. The number of hydrogen-bond acceptors (Lipinski definition) is 3. The third-order valence-electron chi connectivity index (χ3n) is 2.16. The summed E-state index contributed by atoms with van der Waals surface area (Å²) in [6, 6.07) is 3.86. The summed E-state index contributed by atoms with van der Waals surface area (Å²) in [5.41, 5.74) is 2.11. The van der Waals surface area contributed by atoms with Gasteiger partial charge in [0.15, 0.2) is 0 Å². The number of thiazole rings is 1. The zero-order valence-electron chi connectivity index (χ0n) is 8.49. The van der Waals surface area contributed by atoms with E-state index >= 15 is 0 Å². The molecule has 4 heteroatoms. The van der Waals surface area contributed by atoms with Crippen LogP contribution in [0.25, 0.3) is 10.4 Å². The fourth-order valence-electron chi connectivity index (χ4n) is 1.52. The normalized spacial score (nSPS) is 10.5. The van der Waals surface area contributed by atoms with Crippen molar-refractivity contribution in [2.45, 2.75) is 19.8 Å². The zero-order chi connectivity index (χ0) is 10.7. The molecule has 3 nitrogen and oxygen atoms in total. The lowest BCUT2D eigenvalue weighted by Crippen LogP contribution is -1.94. The number of pyridine rings is 1. The molecule has 0 aliphatic rings. The first-order valence-electron chi connectivity index (χ1n) is 4.93. The molecule has 78 valence electrons. The summed E-state index contributed by atoms with van der Waals surface area (Å²) in [4.78, 5) is 19.2. The van der Waals surface area contributed by atoms with Gasteiger partial charge in [-0.15, -0.1) is 0 Å². The van der Waals surface area contributed by atoms with E-state index in [-0.39, 0.29) is 4.87 Å². The molecule has 0 aliphatic heterocycles. The number of H-pyrrole nitrogens is 1. The predicted molar refractivity (Wildman–Crippen MR) is 62.2 cm³/mol. The van der Waals surface area contributed by atoms with Gasteiger partial charge in [0.1, 0.15) is 0 Å². The molecule has 0 aliphatic carbocycles. The van der Waals surface area contributed by atoms with E-state index in [1.807, 2.05) is 12.1 Å². The van der Waals surface area contributed by atoms with Gasteiger partial charge in [0, 0.05) is 18.1 Å². The van der Waals surface area contributed by atoms with Crippen LogP contribution in [-0.2, 0) is 6.42 Å². The molecule has 2 aromatic rings. The third-order valence-corrected chi connectivity index (χ3v) is 3.14. The first kappa shape index (κ1) is 10.1. The maximum atomic E-state index is 11.3. The molecular weight excluding hydrogens is 208 g/mol. The largest absolute Gasteiger partial charge is 0.316 e. The van der Waals surface area contributed by atoms with Gasteiger partial charge in [0.25, 0.3) is 0 Å². The second-order valence-electron chi connectivity index (χ2n) is 3.31. The van der Waals surface area contributed by atoms with E-state index in [1.165, 1.54) is 11.3 Å². The van der Waals surface area contributed by atoms with Gasteiger partial charge in [0.05, 0.1) is 4.88 Å². The van der Waals surface area contributed by atoms with E-state index in [0.29, 0.717) is 0 Å². The van der Waals surface area contributed by atoms with E-state index in [9.17, 15) is 4.79 Å². The van der Waals surface area contributed by atoms with Crippen LogP contribution < -0.4 is 4.87 Å². The molecule has 2 heterocycles. The number of hydrogen-bond donors (Lipinski definition) is 1. The minimum Gasteiger partial charge on any atom is -0.316 e. The summed E-state index contributed by atoms with van der Waals surface area (Å²) in [5, 5.41) is 0. The Morgan fingerprint density at radius 3 is 2.80 bits per heavy atom. The zero-order valence-corrected chi connectivity index (χ0v) is 9.30. The van der Waals surface area contributed by atoms with Gasteiger partial charge in [-0.25, -0.2) is 0 Å². The summed E-state index contributed by atoms with van der Waals surface area (Å²) >= 11 is 1.27. The number of nitrogens with zero attached hydrogens (tertiary/aromatic N) is 1. The van der Waals surface area contributed by atoms with Crippen LogP contribution in [0.1, 0.15) is 19.0 Å². The number of nitrogens with one attached hydrogen (secondary N) is 1. The van der Waals surface area contributed by atoms with Crippen molar-refractivity contribution in [1.29, 1.82) is 0 Å². The Kier molecular flexibility index (Phi) is 2.97. The Balaban J connectivity index is 2.48. The summed E-state index contributed by atoms with van der Waals surface area (Å²) in [6.45, 7) is 2.10. The number of aryl methyl sites for hydroxylation is 1. The van der Waals surface area contributed by atoms with Crippen molar-refractivity contribution < 1.29 is 0 Å². The third kappa shape index (κ3) is 2.15. The van der Waals surface area contributed by atoms with Gasteiger partial charge in [-0.3, -0.25) is 9.78 Å².